The highest BCUT2D eigenvalue weighted by Crippen LogP contribution is 2.47. The summed E-state index contributed by atoms with van der Waals surface area (Å²) in [6, 6.07) is 1.31. The third-order valence-corrected chi connectivity index (χ3v) is 4.85. The molecular formula is C13H15N3O4. The predicted molar refractivity (Wildman–Crippen MR) is 68.2 cm³/mol. The van der Waals surface area contributed by atoms with Gasteiger partial charge in [-0.15, -0.1) is 0 Å². The van der Waals surface area contributed by atoms with Crippen molar-refractivity contribution < 1.29 is 14.5 Å². The fourth-order valence-corrected chi connectivity index (χ4v) is 3.91. The summed E-state index contributed by atoms with van der Waals surface area (Å²) in [6.07, 6.45) is 4.07. The predicted octanol–water partition coefficient (Wildman–Crippen LogP) is 1.17. The van der Waals surface area contributed by atoms with E-state index in [0.717, 1.165) is 12.8 Å². The third-order valence-electron chi connectivity index (χ3n) is 4.85. The van der Waals surface area contributed by atoms with Gasteiger partial charge in [0, 0.05) is 31.0 Å². The van der Waals surface area contributed by atoms with Gasteiger partial charge in [-0.3, -0.25) is 14.9 Å². The van der Waals surface area contributed by atoms with Gasteiger partial charge in [0.05, 0.1) is 23.3 Å². The maximum Gasteiger partial charge on any atom is 0.287 e. The molecule has 4 heterocycles. The summed E-state index contributed by atoms with van der Waals surface area (Å²) in [5, 5.41) is 10.7. The summed E-state index contributed by atoms with van der Waals surface area (Å²) in [4.78, 5) is 27.0. The summed E-state index contributed by atoms with van der Waals surface area (Å²) < 4.78 is 5.87. The number of nitrogens with zero attached hydrogens (tertiary/aromatic N) is 2. The van der Waals surface area contributed by atoms with Crippen molar-refractivity contribution in [3.05, 3.63) is 28.1 Å². The highest BCUT2D eigenvalue weighted by atomic mass is 16.6. The lowest BCUT2D eigenvalue weighted by atomic mass is 9.82. The zero-order chi connectivity index (χ0) is 13.9. The maximum atomic E-state index is 12.4. The molecule has 0 radical (unpaired) electrons. The molecule has 3 fully saturated rings. The molecule has 1 aromatic heterocycles. The number of amides is 1. The number of aromatic amines is 1. The van der Waals surface area contributed by atoms with Crippen molar-refractivity contribution >= 4 is 11.6 Å². The normalized spacial score (nSPS) is 34.5. The Labute approximate surface area is 115 Å². The minimum absolute atomic E-state index is 0.0730. The molecule has 2 bridgehead atoms. The van der Waals surface area contributed by atoms with E-state index in [1.165, 1.54) is 12.3 Å². The molecule has 3 aliphatic rings. The summed E-state index contributed by atoms with van der Waals surface area (Å²) in [5.41, 5.74) is 0.223. The van der Waals surface area contributed by atoms with Crippen LogP contribution in [0.25, 0.3) is 0 Å². The van der Waals surface area contributed by atoms with Gasteiger partial charge in [0.25, 0.3) is 11.6 Å². The Bertz CT molecular complexity index is 566. The van der Waals surface area contributed by atoms with Crippen molar-refractivity contribution in [2.45, 2.75) is 25.0 Å². The lowest BCUT2D eigenvalue weighted by Gasteiger charge is -2.17. The van der Waals surface area contributed by atoms with Gasteiger partial charge in [0.2, 0.25) is 0 Å². The second-order valence-electron chi connectivity index (χ2n) is 5.86. The monoisotopic (exact) mass is 277 g/mol. The van der Waals surface area contributed by atoms with Crippen LogP contribution in [-0.2, 0) is 4.74 Å². The molecule has 4 atom stereocenters. The molecule has 0 spiro atoms. The number of nitro groups is 1. The lowest BCUT2D eigenvalue weighted by molar-refractivity contribution is -0.384. The van der Waals surface area contributed by atoms with E-state index in [-0.39, 0.29) is 11.6 Å². The second-order valence-corrected chi connectivity index (χ2v) is 5.86. The van der Waals surface area contributed by atoms with Crippen LogP contribution in [0.3, 0.4) is 0 Å². The largest absolute Gasteiger partial charge is 0.374 e. The summed E-state index contributed by atoms with van der Waals surface area (Å²) >= 11 is 0. The Morgan fingerprint density at radius 1 is 1.35 bits per heavy atom. The molecule has 0 aliphatic carbocycles. The second kappa shape index (κ2) is 4.05. The van der Waals surface area contributed by atoms with Gasteiger partial charge in [-0.1, -0.05) is 0 Å². The fraction of sp³-hybridized carbons (Fsp3) is 0.615. The van der Waals surface area contributed by atoms with Crippen molar-refractivity contribution in [1.82, 2.24) is 9.88 Å². The number of hydrogen-bond donors (Lipinski definition) is 1. The number of rotatable bonds is 2. The molecule has 3 aliphatic heterocycles. The Morgan fingerprint density at radius 3 is 2.55 bits per heavy atom. The smallest absolute Gasteiger partial charge is 0.287 e. The van der Waals surface area contributed by atoms with Gasteiger partial charge in [-0.05, 0) is 12.8 Å². The molecule has 106 valence electrons. The zero-order valence-electron chi connectivity index (χ0n) is 10.8. The molecule has 20 heavy (non-hydrogen) atoms. The third kappa shape index (κ3) is 1.59. The first kappa shape index (κ1) is 11.9. The van der Waals surface area contributed by atoms with Crippen LogP contribution < -0.4 is 0 Å². The molecule has 0 saturated carbocycles. The van der Waals surface area contributed by atoms with Crippen LogP contribution in [0.2, 0.25) is 0 Å². The van der Waals surface area contributed by atoms with Gasteiger partial charge in [0.1, 0.15) is 5.69 Å². The number of carbonyl (C=O) groups excluding carboxylic acids is 1. The molecule has 0 unspecified atom stereocenters. The summed E-state index contributed by atoms with van der Waals surface area (Å²) in [6.45, 7) is 1.41. The number of carbonyl (C=O) groups is 1. The first-order valence-electron chi connectivity index (χ1n) is 6.91. The lowest BCUT2D eigenvalue weighted by Crippen LogP contribution is -2.31. The summed E-state index contributed by atoms with van der Waals surface area (Å²) in [7, 11) is 0. The number of H-pyrrole nitrogens is 1. The van der Waals surface area contributed by atoms with Crippen LogP contribution in [0.5, 0.6) is 0 Å². The van der Waals surface area contributed by atoms with E-state index >= 15 is 0 Å². The minimum Gasteiger partial charge on any atom is -0.374 e. The highest BCUT2D eigenvalue weighted by molar-refractivity contribution is 5.93. The number of nitrogens with one attached hydrogen (secondary N) is 1. The number of ether oxygens (including phenoxy) is 1. The first-order valence-corrected chi connectivity index (χ1v) is 6.91. The van der Waals surface area contributed by atoms with Gasteiger partial charge < -0.3 is 14.6 Å². The van der Waals surface area contributed by atoms with E-state index in [1.54, 1.807) is 4.90 Å². The van der Waals surface area contributed by atoms with E-state index in [4.69, 9.17) is 4.74 Å². The van der Waals surface area contributed by atoms with Crippen molar-refractivity contribution in [3.8, 4) is 0 Å². The van der Waals surface area contributed by atoms with Crippen LogP contribution in [0.1, 0.15) is 23.3 Å². The van der Waals surface area contributed by atoms with Crippen LogP contribution in [-0.4, -0.2) is 46.0 Å². The Kier molecular flexibility index (Phi) is 2.41. The van der Waals surface area contributed by atoms with E-state index in [9.17, 15) is 14.9 Å². The topological polar surface area (TPSA) is 88.5 Å². The Hall–Kier alpha value is -1.89. The van der Waals surface area contributed by atoms with Crippen molar-refractivity contribution in [2.75, 3.05) is 13.1 Å². The van der Waals surface area contributed by atoms with E-state index < -0.39 is 4.92 Å². The van der Waals surface area contributed by atoms with Gasteiger partial charge in [-0.25, -0.2) is 0 Å². The number of likely N-dealkylation sites (tertiary alicyclic amines) is 1. The maximum absolute atomic E-state index is 12.4. The van der Waals surface area contributed by atoms with Crippen LogP contribution >= 0.6 is 0 Å². The number of fused-ring (bicyclic) bond motifs is 5. The van der Waals surface area contributed by atoms with Crippen molar-refractivity contribution in [2.24, 2.45) is 11.8 Å². The van der Waals surface area contributed by atoms with Crippen LogP contribution in [0.4, 0.5) is 5.69 Å². The zero-order valence-corrected chi connectivity index (χ0v) is 10.8. The average Bonchev–Trinajstić information content (AvgIpc) is 3.17. The molecule has 3 saturated heterocycles. The molecule has 7 heteroatoms. The first-order chi connectivity index (χ1) is 9.63. The Balaban J connectivity index is 1.51. The molecule has 0 aromatic carbocycles. The average molecular weight is 277 g/mol. The van der Waals surface area contributed by atoms with E-state index in [2.05, 4.69) is 4.98 Å². The van der Waals surface area contributed by atoms with Crippen LogP contribution in [0.15, 0.2) is 12.3 Å². The number of hydrogen-bond acceptors (Lipinski definition) is 4. The highest BCUT2D eigenvalue weighted by Gasteiger charge is 2.53. The van der Waals surface area contributed by atoms with E-state index in [0.29, 0.717) is 42.8 Å². The van der Waals surface area contributed by atoms with Gasteiger partial charge in [-0.2, -0.15) is 0 Å². The SMILES string of the molecule is O=C(c1cc([N+](=O)[O-])c[nH]1)N1C[C@H]2[C@H](C1)[C@H]1CC[C@H]2O1. The summed E-state index contributed by atoms with van der Waals surface area (Å²) in [5.74, 6) is 0.747. The molecule has 7 nitrogen and oxygen atoms in total. The molecule has 1 N–H and O–H groups in total. The number of aromatic nitrogens is 1. The van der Waals surface area contributed by atoms with E-state index in [1.807, 2.05) is 0 Å². The Morgan fingerprint density at radius 2 is 2.00 bits per heavy atom. The van der Waals surface area contributed by atoms with Gasteiger partial charge >= 0.3 is 0 Å². The van der Waals surface area contributed by atoms with Crippen molar-refractivity contribution in [3.63, 3.8) is 0 Å². The van der Waals surface area contributed by atoms with Gasteiger partial charge in [0.15, 0.2) is 0 Å². The molecule has 1 aromatic rings. The molecule has 4 rings (SSSR count). The van der Waals surface area contributed by atoms with Crippen LogP contribution in [0, 0.1) is 22.0 Å². The standard InChI is InChI=1S/C13H15N3O4/c17-13(10-3-7(4-14-10)16(18)19)15-5-8-9(6-15)12-2-1-11(8)20-12/h3-4,8-9,11-12,14H,1-2,5-6H2/t8-,9-,11+,12+/m0/s1. The molecular weight excluding hydrogens is 262 g/mol. The molecule has 1 amide bonds. The fourth-order valence-electron chi connectivity index (χ4n) is 3.91. The minimum atomic E-state index is -0.500. The van der Waals surface area contributed by atoms with Crippen molar-refractivity contribution in [1.29, 1.82) is 0 Å². The quantitative estimate of drug-likeness (QED) is 0.649.